The standard InChI is InChI=1S/C15H15ClN2O/c1-10-8-12(16)6-7-14(10)18-15(19)13-5-3-2-4-11(13)9-17/h2-8H,9,17H2,1H3,(H,18,19). The zero-order valence-corrected chi connectivity index (χ0v) is 11.4. The van der Waals surface area contributed by atoms with Gasteiger partial charge in [-0.1, -0.05) is 29.8 Å². The molecule has 2 rings (SSSR count). The summed E-state index contributed by atoms with van der Waals surface area (Å²) in [5.74, 6) is -0.161. The summed E-state index contributed by atoms with van der Waals surface area (Å²) >= 11 is 5.89. The second-order valence-electron chi connectivity index (χ2n) is 4.27. The van der Waals surface area contributed by atoms with E-state index in [4.69, 9.17) is 17.3 Å². The molecule has 0 radical (unpaired) electrons. The molecular weight excluding hydrogens is 260 g/mol. The lowest BCUT2D eigenvalue weighted by Crippen LogP contribution is -2.16. The molecular formula is C15H15ClN2O. The van der Waals surface area contributed by atoms with Gasteiger partial charge in [0.1, 0.15) is 0 Å². The van der Waals surface area contributed by atoms with E-state index in [1.807, 2.05) is 31.2 Å². The molecule has 0 unspecified atom stereocenters. The summed E-state index contributed by atoms with van der Waals surface area (Å²) in [5.41, 5.74) is 8.73. The molecule has 0 atom stereocenters. The molecule has 0 saturated carbocycles. The van der Waals surface area contributed by atoms with Gasteiger partial charge in [-0.3, -0.25) is 4.79 Å². The summed E-state index contributed by atoms with van der Waals surface area (Å²) in [5, 5.41) is 3.53. The first-order chi connectivity index (χ1) is 9.11. The number of halogens is 1. The minimum absolute atomic E-state index is 0.161. The Bertz CT molecular complexity index is 611. The molecule has 0 fully saturated rings. The van der Waals surface area contributed by atoms with Gasteiger partial charge in [0.2, 0.25) is 0 Å². The summed E-state index contributed by atoms with van der Waals surface area (Å²) in [7, 11) is 0. The van der Waals surface area contributed by atoms with Crippen LogP contribution in [0.15, 0.2) is 42.5 Å². The predicted octanol–water partition coefficient (Wildman–Crippen LogP) is 3.36. The fraction of sp³-hybridized carbons (Fsp3) is 0.133. The second-order valence-corrected chi connectivity index (χ2v) is 4.71. The first-order valence-electron chi connectivity index (χ1n) is 5.97. The van der Waals surface area contributed by atoms with Crippen LogP contribution in [0.1, 0.15) is 21.5 Å². The maximum absolute atomic E-state index is 12.2. The molecule has 0 spiro atoms. The van der Waals surface area contributed by atoms with Gasteiger partial charge in [0.25, 0.3) is 5.91 Å². The first kappa shape index (κ1) is 13.6. The number of benzene rings is 2. The Morgan fingerprint density at radius 2 is 2.00 bits per heavy atom. The van der Waals surface area contributed by atoms with Gasteiger partial charge in [-0.05, 0) is 42.3 Å². The van der Waals surface area contributed by atoms with Crippen molar-refractivity contribution in [1.29, 1.82) is 0 Å². The summed E-state index contributed by atoms with van der Waals surface area (Å²) < 4.78 is 0. The number of hydrogen-bond acceptors (Lipinski definition) is 2. The maximum Gasteiger partial charge on any atom is 0.255 e. The van der Waals surface area contributed by atoms with Crippen molar-refractivity contribution in [2.45, 2.75) is 13.5 Å². The Balaban J connectivity index is 2.26. The van der Waals surface area contributed by atoms with Crippen molar-refractivity contribution in [2.24, 2.45) is 5.73 Å². The highest BCUT2D eigenvalue weighted by molar-refractivity contribution is 6.30. The maximum atomic E-state index is 12.2. The summed E-state index contributed by atoms with van der Waals surface area (Å²) in [6, 6.07) is 12.7. The smallest absolute Gasteiger partial charge is 0.255 e. The third kappa shape index (κ3) is 3.13. The zero-order chi connectivity index (χ0) is 13.8. The van der Waals surface area contributed by atoms with Crippen LogP contribution in [-0.2, 0) is 6.54 Å². The molecule has 0 saturated heterocycles. The summed E-state index contributed by atoms with van der Waals surface area (Å²) in [6.07, 6.45) is 0. The Morgan fingerprint density at radius 3 is 2.68 bits per heavy atom. The van der Waals surface area contributed by atoms with Gasteiger partial charge in [-0.2, -0.15) is 0 Å². The van der Waals surface area contributed by atoms with Gasteiger partial charge < -0.3 is 11.1 Å². The van der Waals surface area contributed by atoms with Crippen LogP contribution in [0.2, 0.25) is 5.02 Å². The van der Waals surface area contributed by atoms with Crippen molar-refractivity contribution in [1.82, 2.24) is 0 Å². The van der Waals surface area contributed by atoms with Gasteiger partial charge in [-0.25, -0.2) is 0 Å². The highest BCUT2D eigenvalue weighted by Gasteiger charge is 2.11. The monoisotopic (exact) mass is 274 g/mol. The lowest BCUT2D eigenvalue weighted by molar-refractivity contribution is 0.102. The van der Waals surface area contributed by atoms with E-state index in [1.165, 1.54) is 0 Å². The third-order valence-corrected chi connectivity index (χ3v) is 3.15. The molecule has 3 nitrogen and oxygen atoms in total. The average Bonchev–Trinajstić information content (AvgIpc) is 2.41. The normalized spacial score (nSPS) is 10.3. The van der Waals surface area contributed by atoms with Gasteiger partial charge in [-0.15, -0.1) is 0 Å². The summed E-state index contributed by atoms with van der Waals surface area (Å²) in [6.45, 7) is 2.24. The quantitative estimate of drug-likeness (QED) is 0.902. The van der Waals surface area contributed by atoms with Crippen molar-refractivity contribution in [3.63, 3.8) is 0 Å². The molecule has 4 heteroatoms. The Kier molecular flexibility index (Phi) is 4.20. The lowest BCUT2D eigenvalue weighted by Gasteiger charge is -2.11. The van der Waals surface area contributed by atoms with Crippen LogP contribution in [0.4, 0.5) is 5.69 Å². The lowest BCUT2D eigenvalue weighted by atomic mass is 10.1. The van der Waals surface area contributed by atoms with E-state index >= 15 is 0 Å². The molecule has 0 aliphatic heterocycles. The number of carbonyl (C=O) groups is 1. The molecule has 0 heterocycles. The van der Waals surface area contributed by atoms with Crippen LogP contribution in [0, 0.1) is 6.92 Å². The van der Waals surface area contributed by atoms with Crippen LogP contribution in [0.25, 0.3) is 0 Å². The van der Waals surface area contributed by atoms with E-state index in [1.54, 1.807) is 18.2 Å². The first-order valence-corrected chi connectivity index (χ1v) is 6.35. The fourth-order valence-electron chi connectivity index (χ4n) is 1.88. The molecule has 0 bridgehead atoms. The minimum Gasteiger partial charge on any atom is -0.326 e. The van der Waals surface area contributed by atoms with Crippen molar-refractivity contribution in [2.75, 3.05) is 5.32 Å². The second kappa shape index (κ2) is 5.87. The van der Waals surface area contributed by atoms with Gasteiger partial charge >= 0.3 is 0 Å². The SMILES string of the molecule is Cc1cc(Cl)ccc1NC(=O)c1ccccc1CN. The molecule has 19 heavy (non-hydrogen) atoms. The molecule has 0 aliphatic rings. The van der Waals surface area contributed by atoms with Crippen LogP contribution in [0.3, 0.4) is 0 Å². The number of hydrogen-bond donors (Lipinski definition) is 2. The van der Waals surface area contributed by atoms with Crippen LogP contribution in [0.5, 0.6) is 0 Å². The average molecular weight is 275 g/mol. The van der Waals surface area contributed by atoms with Crippen molar-refractivity contribution in [3.8, 4) is 0 Å². The molecule has 98 valence electrons. The van der Waals surface area contributed by atoms with E-state index in [9.17, 15) is 4.79 Å². The van der Waals surface area contributed by atoms with E-state index < -0.39 is 0 Å². The molecule has 0 aromatic heterocycles. The number of nitrogens with one attached hydrogen (secondary N) is 1. The Hall–Kier alpha value is -1.84. The zero-order valence-electron chi connectivity index (χ0n) is 10.6. The van der Waals surface area contributed by atoms with Crippen LogP contribution in [-0.4, -0.2) is 5.91 Å². The minimum atomic E-state index is -0.161. The van der Waals surface area contributed by atoms with E-state index in [-0.39, 0.29) is 5.91 Å². The van der Waals surface area contributed by atoms with Gasteiger partial charge in [0, 0.05) is 22.8 Å². The molecule has 2 aromatic carbocycles. The molecule has 1 amide bonds. The largest absolute Gasteiger partial charge is 0.326 e. The predicted molar refractivity (Wildman–Crippen MR) is 78.5 cm³/mol. The molecule has 2 aromatic rings. The van der Waals surface area contributed by atoms with Crippen molar-refractivity contribution < 1.29 is 4.79 Å². The highest BCUT2D eigenvalue weighted by atomic mass is 35.5. The Morgan fingerprint density at radius 1 is 1.26 bits per heavy atom. The summed E-state index contributed by atoms with van der Waals surface area (Å²) in [4.78, 5) is 12.2. The van der Waals surface area contributed by atoms with Crippen LogP contribution < -0.4 is 11.1 Å². The number of amides is 1. The Labute approximate surface area is 117 Å². The molecule has 0 aliphatic carbocycles. The van der Waals surface area contributed by atoms with Crippen molar-refractivity contribution >= 4 is 23.2 Å². The number of rotatable bonds is 3. The number of nitrogens with two attached hydrogens (primary N) is 1. The number of carbonyl (C=O) groups excluding carboxylic acids is 1. The third-order valence-electron chi connectivity index (χ3n) is 2.92. The van der Waals surface area contributed by atoms with Gasteiger partial charge in [0.05, 0.1) is 0 Å². The van der Waals surface area contributed by atoms with Crippen LogP contribution >= 0.6 is 11.6 Å². The van der Waals surface area contributed by atoms with E-state index in [0.717, 1.165) is 16.8 Å². The molecule has 3 N–H and O–H groups in total. The number of anilines is 1. The van der Waals surface area contributed by atoms with Gasteiger partial charge in [0.15, 0.2) is 0 Å². The highest BCUT2D eigenvalue weighted by Crippen LogP contribution is 2.20. The van der Waals surface area contributed by atoms with E-state index in [2.05, 4.69) is 5.32 Å². The van der Waals surface area contributed by atoms with Crippen molar-refractivity contribution in [3.05, 3.63) is 64.2 Å². The van der Waals surface area contributed by atoms with E-state index in [0.29, 0.717) is 17.1 Å². The fourth-order valence-corrected chi connectivity index (χ4v) is 2.10. The topological polar surface area (TPSA) is 55.1 Å². The number of aryl methyl sites for hydroxylation is 1.